The van der Waals surface area contributed by atoms with E-state index in [1.54, 1.807) is 23.2 Å². The molecule has 1 aromatic carbocycles. The molecular weight excluding hydrogens is 405 g/mol. The quantitative estimate of drug-likeness (QED) is 0.628. The second-order valence-electron chi connectivity index (χ2n) is 7.27. The standard InChI is InChI=1S/C21H20FN5O4/c22-16-3-1-14(2-4-16)13-27-7-10-30-20-17(27)11-15(12-23-20)19-24-18(25-31-19)21(28)26-5-8-29-9-6-26/h1-4,11-12H,5-10,13H2. The monoisotopic (exact) mass is 425 g/mol. The van der Waals surface area contributed by atoms with Gasteiger partial charge in [-0.25, -0.2) is 9.37 Å². The van der Waals surface area contributed by atoms with Crippen molar-refractivity contribution in [2.24, 2.45) is 0 Å². The number of nitrogens with zero attached hydrogens (tertiary/aromatic N) is 5. The molecule has 0 unspecified atom stereocenters. The third kappa shape index (κ3) is 4.06. The molecule has 1 amide bonds. The van der Waals surface area contributed by atoms with E-state index in [4.69, 9.17) is 14.0 Å². The number of anilines is 1. The highest BCUT2D eigenvalue weighted by molar-refractivity contribution is 5.90. The number of hydrogen-bond donors (Lipinski definition) is 0. The SMILES string of the molecule is O=C(c1noc(-c2cnc3c(c2)N(Cc2ccc(F)cc2)CCO3)n1)N1CCOCC1. The molecule has 0 aliphatic carbocycles. The zero-order chi connectivity index (χ0) is 21.2. The summed E-state index contributed by atoms with van der Waals surface area (Å²) in [6.45, 7) is 3.72. The second kappa shape index (κ2) is 8.31. The van der Waals surface area contributed by atoms with Gasteiger partial charge in [-0.05, 0) is 23.8 Å². The summed E-state index contributed by atoms with van der Waals surface area (Å²) < 4.78 is 29.5. The van der Waals surface area contributed by atoms with Crippen LogP contribution >= 0.6 is 0 Å². The molecule has 0 saturated carbocycles. The lowest BCUT2D eigenvalue weighted by Gasteiger charge is -2.30. The van der Waals surface area contributed by atoms with Crippen LogP contribution in [0.3, 0.4) is 0 Å². The first-order valence-corrected chi connectivity index (χ1v) is 10.0. The third-order valence-electron chi connectivity index (χ3n) is 5.22. The van der Waals surface area contributed by atoms with E-state index in [2.05, 4.69) is 20.0 Å². The highest BCUT2D eigenvalue weighted by atomic mass is 19.1. The average molecular weight is 425 g/mol. The van der Waals surface area contributed by atoms with Crippen molar-refractivity contribution < 1.29 is 23.2 Å². The van der Waals surface area contributed by atoms with E-state index < -0.39 is 0 Å². The molecule has 2 aromatic heterocycles. The van der Waals surface area contributed by atoms with Crippen molar-refractivity contribution in [3.05, 3.63) is 53.7 Å². The van der Waals surface area contributed by atoms with Crippen LogP contribution in [0.1, 0.15) is 16.2 Å². The highest BCUT2D eigenvalue weighted by Gasteiger charge is 2.25. The predicted molar refractivity (Wildman–Crippen MR) is 107 cm³/mol. The summed E-state index contributed by atoms with van der Waals surface area (Å²) in [6.07, 6.45) is 1.58. The molecule has 1 fully saturated rings. The first kappa shape index (κ1) is 19.4. The van der Waals surface area contributed by atoms with Crippen LogP contribution in [0.15, 0.2) is 41.1 Å². The summed E-state index contributed by atoms with van der Waals surface area (Å²) in [5.41, 5.74) is 2.32. The minimum atomic E-state index is -0.287. The van der Waals surface area contributed by atoms with E-state index in [0.717, 1.165) is 11.3 Å². The topological polar surface area (TPSA) is 93.8 Å². The van der Waals surface area contributed by atoms with E-state index in [1.165, 1.54) is 12.1 Å². The maximum Gasteiger partial charge on any atom is 0.295 e. The Labute approximate surface area is 177 Å². The highest BCUT2D eigenvalue weighted by Crippen LogP contribution is 2.34. The number of amides is 1. The van der Waals surface area contributed by atoms with Gasteiger partial charge in [-0.1, -0.05) is 17.3 Å². The van der Waals surface area contributed by atoms with Gasteiger partial charge in [-0.15, -0.1) is 0 Å². The van der Waals surface area contributed by atoms with Gasteiger partial charge in [0.2, 0.25) is 5.88 Å². The van der Waals surface area contributed by atoms with Crippen LogP contribution in [0.2, 0.25) is 0 Å². The zero-order valence-corrected chi connectivity index (χ0v) is 16.7. The lowest BCUT2D eigenvalue weighted by atomic mass is 10.1. The Morgan fingerprint density at radius 3 is 2.71 bits per heavy atom. The van der Waals surface area contributed by atoms with Crippen molar-refractivity contribution in [1.29, 1.82) is 0 Å². The molecule has 1 saturated heterocycles. The fourth-order valence-electron chi connectivity index (χ4n) is 3.58. The predicted octanol–water partition coefficient (Wildman–Crippen LogP) is 2.14. The van der Waals surface area contributed by atoms with E-state index in [0.29, 0.717) is 57.4 Å². The number of halogens is 1. The fraction of sp³-hybridized carbons (Fsp3) is 0.333. The number of benzene rings is 1. The number of rotatable bonds is 4. The minimum absolute atomic E-state index is 0.00837. The van der Waals surface area contributed by atoms with Crippen LogP contribution in [-0.4, -0.2) is 65.4 Å². The molecule has 10 heteroatoms. The summed E-state index contributed by atoms with van der Waals surface area (Å²) in [5.74, 6) is 0.161. The number of hydrogen-bond acceptors (Lipinski definition) is 8. The largest absolute Gasteiger partial charge is 0.474 e. The van der Waals surface area contributed by atoms with Crippen LogP contribution in [0.4, 0.5) is 10.1 Å². The maximum absolute atomic E-state index is 13.2. The van der Waals surface area contributed by atoms with Gasteiger partial charge in [0.15, 0.2) is 0 Å². The molecule has 31 heavy (non-hydrogen) atoms. The second-order valence-corrected chi connectivity index (χ2v) is 7.27. The Bertz CT molecular complexity index is 1080. The van der Waals surface area contributed by atoms with Gasteiger partial charge in [-0.2, -0.15) is 4.98 Å². The van der Waals surface area contributed by atoms with Crippen LogP contribution in [0.25, 0.3) is 11.5 Å². The van der Waals surface area contributed by atoms with Crippen LogP contribution < -0.4 is 9.64 Å². The first-order chi connectivity index (χ1) is 15.2. The Kier molecular flexibility index (Phi) is 5.21. The number of morpholine rings is 1. The molecule has 2 aliphatic rings. The molecule has 9 nitrogen and oxygen atoms in total. The summed E-state index contributed by atoms with van der Waals surface area (Å²) in [5, 5.41) is 3.85. The molecule has 2 aliphatic heterocycles. The lowest BCUT2D eigenvalue weighted by molar-refractivity contribution is 0.0293. The summed E-state index contributed by atoms with van der Waals surface area (Å²) in [7, 11) is 0. The van der Waals surface area contributed by atoms with E-state index in [9.17, 15) is 9.18 Å². The van der Waals surface area contributed by atoms with E-state index >= 15 is 0 Å². The molecule has 5 rings (SSSR count). The van der Waals surface area contributed by atoms with Gasteiger partial charge in [0.05, 0.1) is 25.3 Å². The van der Waals surface area contributed by atoms with Crippen molar-refractivity contribution in [3.8, 4) is 17.3 Å². The van der Waals surface area contributed by atoms with Gasteiger partial charge in [0, 0.05) is 25.8 Å². The molecule has 160 valence electrons. The molecule has 0 bridgehead atoms. The van der Waals surface area contributed by atoms with Crippen molar-refractivity contribution >= 4 is 11.6 Å². The molecule has 0 N–H and O–H groups in total. The Balaban J connectivity index is 1.38. The lowest BCUT2D eigenvalue weighted by Crippen LogP contribution is -2.41. The normalized spacial score (nSPS) is 16.0. The number of ether oxygens (including phenoxy) is 2. The van der Waals surface area contributed by atoms with Crippen molar-refractivity contribution in [3.63, 3.8) is 0 Å². The molecule has 4 heterocycles. The van der Waals surface area contributed by atoms with Gasteiger partial charge in [0.1, 0.15) is 18.1 Å². The van der Waals surface area contributed by atoms with Crippen LogP contribution in [0.5, 0.6) is 5.88 Å². The van der Waals surface area contributed by atoms with Crippen LogP contribution in [-0.2, 0) is 11.3 Å². The summed E-state index contributed by atoms with van der Waals surface area (Å²) >= 11 is 0. The van der Waals surface area contributed by atoms with Crippen LogP contribution in [0, 0.1) is 5.82 Å². The fourth-order valence-corrected chi connectivity index (χ4v) is 3.58. The van der Waals surface area contributed by atoms with E-state index in [1.807, 2.05) is 6.07 Å². The molecule has 0 radical (unpaired) electrons. The Morgan fingerprint density at radius 2 is 1.90 bits per heavy atom. The van der Waals surface area contributed by atoms with Crippen molar-refractivity contribution in [1.82, 2.24) is 20.0 Å². The smallest absolute Gasteiger partial charge is 0.295 e. The first-order valence-electron chi connectivity index (χ1n) is 10.0. The maximum atomic E-state index is 13.2. The van der Waals surface area contributed by atoms with E-state index in [-0.39, 0.29) is 23.4 Å². The van der Waals surface area contributed by atoms with Gasteiger partial charge >= 0.3 is 0 Å². The van der Waals surface area contributed by atoms with Gasteiger partial charge < -0.3 is 23.8 Å². The van der Waals surface area contributed by atoms with Crippen molar-refractivity contribution in [2.45, 2.75) is 6.54 Å². The molecule has 0 atom stereocenters. The third-order valence-corrected chi connectivity index (χ3v) is 5.22. The molecule has 0 spiro atoms. The number of aromatic nitrogens is 3. The zero-order valence-electron chi connectivity index (χ0n) is 16.7. The van der Waals surface area contributed by atoms with Gasteiger partial charge in [0.25, 0.3) is 17.6 Å². The van der Waals surface area contributed by atoms with Crippen molar-refractivity contribution in [2.75, 3.05) is 44.4 Å². The minimum Gasteiger partial charge on any atom is -0.474 e. The number of carbonyl (C=O) groups excluding carboxylic acids is 1. The number of pyridine rings is 1. The Morgan fingerprint density at radius 1 is 1.10 bits per heavy atom. The summed E-state index contributed by atoms with van der Waals surface area (Å²) in [6, 6.07) is 8.24. The number of carbonyl (C=O) groups is 1. The molecular formula is C21H20FN5O4. The summed E-state index contributed by atoms with van der Waals surface area (Å²) in [4.78, 5) is 25.0. The average Bonchev–Trinajstić information content (AvgIpc) is 3.31. The number of fused-ring (bicyclic) bond motifs is 1. The molecule has 3 aromatic rings. The van der Waals surface area contributed by atoms with Gasteiger partial charge in [-0.3, -0.25) is 4.79 Å². The Hall–Kier alpha value is -3.53.